The smallest absolute Gasteiger partial charge is 0.216 e. The van der Waals surface area contributed by atoms with E-state index in [2.05, 4.69) is 39.4 Å². The molecule has 0 aromatic carbocycles. The van der Waals surface area contributed by atoms with E-state index in [-0.39, 0.29) is 0 Å². The standard InChI is InChI=1S/C15H20N6S2/c1-5-11-19-20-15(21(11)16)23-14-12-10(6-8(2)3)7-22-13(12)17-9(4)18-14/h7-8H,5-6,16H2,1-4H3. The summed E-state index contributed by atoms with van der Waals surface area (Å²) in [6.07, 6.45) is 1.76. The van der Waals surface area contributed by atoms with Crippen LogP contribution in [0.4, 0.5) is 0 Å². The third kappa shape index (κ3) is 3.18. The van der Waals surface area contributed by atoms with Crippen LogP contribution in [0.3, 0.4) is 0 Å². The highest BCUT2D eigenvalue weighted by atomic mass is 32.2. The molecule has 6 nitrogen and oxygen atoms in total. The minimum atomic E-state index is 0.580. The largest absolute Gasteiger partial charge is 0.336 e. The molecule has 0 unspecified atom stereocenters. The van der Waals surface area contributed by atoms with Gasteiger partial charge in [0.2, 0.25) is 5.16 Å². The molecule has 0 atom stereocenters. The van der Waals surface area contributed by atoms with Gasteiger partial charge in [-0.15, -0.1) is 21.5 Å². The average Bonchev–Trinajstić information content (AvgIpc) is 3.03. The molecule has 0 fully saturated rings. The first-order valence-electron chi connectivity index (χ1n) is 7.61. The summed E-state index contributed by atoms with van der Waals surface area (Å²) in [6.45, 7) is 8.36. The number of thiophene rings is 1. The van der Waals surface area contributed by atoms with E-state index in [1.165, 1.54) is 17.3 Å². The molecule has 0 bridgehead atoms. The maximum absolute atomic E-state index is 6.07. The molecule has 3 rings (SSSR count). The van der Waals surface area contributed by atoms with Gasteiger partial charge in [0.05, 0.1) is 0 Å². The van der Waals surface area contributed by atoms with E-state index in [0.29, 0.717) is 11.1 Å². The van der Waals surface area contributed by atoms with E-state index in [4.69, 9.17) is 5.84 Å². The minimum absolute atomic E-state index is 0.580. The van der Waals surface area contributed by atoms with Crippen molar-refractivity contribution < 1.29 is 0 Å². The molecule has 3 aromatic heterocycles. The van der Waals surface area contributed by atoms with Crippen LogP contribution in [0.2, 0.25) is 0 Å². The zero-order valence-electron chi connectivity index (χ0n) is 13.7. The molecule has 23 heavy (non-hydrogen) atoms. The Balaban J connectivity index is 2.07. The molecule has 0 aliphatic rings. The molecule has 0 amide bonds. The molecule has 0 saturated carbocycles. The first-order valence-corrected chi connectivity index (χ1v) is 9.31. The van der Waals surface area contributed by atoms with Gasteiger partial charge in [0, 0.05) is 11.8 Å². The van der Waals surface area contributed by atoms with Crippen LogP contribution in [0.25, 0.3) is 10.2 Å². The summed E-state index contributed by atoms with van der Waals surface area (Å²) in [6, 6.07) is 0. The van der Waals surface area contributed by atoms with Crippen LogP contribution in [0, 0.1) is 12.8 Å². The molecule has 0 radical (unpaired) electrons. The fourth-order valence-electron chi connectivity index (χ4n) is 2.44. The second kappa shape index (κ2) is 6.45. The molecule has 0 aliphatic carbocycles. The highest BCUT2D eigenvalue weighted by Crippen LogP contribution is 2.36. The summed E-state index contributed by atoms with van der Waals surface area (Å²) in [5.41, 5.74) is 1.29. The van der Waals surface area contributed by atoms with Gasteiger partial charge in [-0.25, -0.2) is 14.6 Å². The van der Waals surface area contributed by atoms with Crippen molar-refractivity contribution in [1.82, 2.24) is 24.8 Å². The molecule has 2 N–H and O–H groups in total. The number of nitrogen functional groups attached to an aromatic ring is 1. The second-order valence-corrected chi connectivity index (χ2v) is 7.65. The molecular formula is C15H20N6S2. The van der Waals surface area contributed by atoms with Gasteiger partial charge in [-0.2, -0.15) is 0 Å². The van der Waals surface area contributed by atoms with Gasteiger partial charge < -0.3 is 5.84 Å². The van der Waals surface area contributed by atoms with Crippen molar-refractivity contribution in [3.05, 3.63) is 22.6 Å². The molecule has 0 aliphatic heterocycles. The van der Waals surface area contributed by atoms with Gasteiger partial charge >= 0.3 is 0 Å². The molecule has 122 valence electrons. The zero-order chi connectivity index (χ0) is 16.6. The van der Waals surface area contributed by atoms with E-state index >= 15 is 0 Å². The summed E-state index contributed by atoms with van der Waals surface area (Å²) in [5.74, 6) is 8.18. The van der Waals surface area contributed by atoms with E-state index < -0.39 is 0 Å². The minimum Gasteiger partial charge on any atom is -0.336 e. The first kappa shape index (κ1) is 16.2. The maximum Gasteiger partial charge on any atom is 0.216 e. The Kier molecular flexibility index (Phi) is 4.54. The third-order valence-corrected chi connectivity index (χ3v) is 5.33. The average molecular weight is 349 g/mol. The number of hydrogen-bond donors (Lipinski definition) is 1. The fraction of sp³-hybridized carbons (Fsp3) is 0.467. The fourth-order valence-corrected chi connectivity index (χ4v) is 4.47. The van der Waals surface area contributed by atoms with Gasteiger partial charge in [-0.1, -0.05) is 20.8 Å². The van der Waals surface area contributed by atoms with Crippen LogP contribution in [-0.4, -0.2) is 24.8 Å². The number of nitrogens with zero attached hydrogens (tertiary/aromatic N) is 5. The molecular weight excluding hydrogens is 328 g/mol. The van der Waals surface area contributed by atoms with Crippen LogP contribution >= 0.6 is 23.1 Å². The number of aryl methyl sites for hydroxylation is 2. The number of rotatable bonds is 5. The Morgan fingerprint density at radius 2 is 2.09 bits per heavy atom. The van der Waals surface area contributed by atoms with Gasteiger partial charge in [0.25, 0.3) is 0 Å². The lowest BCUT2D eigenvalue weighted by Crippen LogP contribution is -2.13. The van der Waals surface area contributed by atoms with Crippen molar-refractivity contribution in [3.63, 3.8) is 0 Å². The van der Waals surface area contributed by atoms with E-state index in [1.807, 2.05) is 13.8 Å². The van der Waals surface area contributed by atoms with Gasteiger partial charge in [0.1, 0.15) is 15.7 Å². The maximum atomic E-state index is 6.07. The second-order valence-electron chi connectivity index (χ2n) is 5.84. The van der Waals surface area contributed by atoms with Crippen molar-refractivity contribution in [2.24, 2.45) is 5.92 Å². The van der Waals surface area contributed by atoms with Crippen LogP contribution in [-0.2, 0) is 12.8 Å². The van der Waals surface area contributed by atoms with Crippen LogP contribution in [0.5, 0.6) is 0 Å². The number of hydrogen-bond acceptors (Lipinski definition) is 7. The highest BCUT2D eigenvalue weighted by molar-refractivity contribution is 7.99. The predicted molar refractivity (Wildman–Crippen MR) is 94.4 cm³/mol. The number of fused-ring (bicyclic) bond motifs is 1. The van der Waals surface area contributed by atoms with E-state index in [9.17, 15) is 0 Å². The first-order chi connectivity index (χ1) is 11.0. The van der Waals surface area contributed by atoms with E-state index in [1.54, 1.807) is 16.0 Å². The third-order valence-electron chi connectivity index (χ3n) is 3.46. The van der Waals surface area contributed by atoms with Crippen molar-refractivity contribution >= 4 is 33.3 Å². The summed E-state index contributed by atoms with van der Waals surface area (Å²) in [5, 5.41) is 13.2. The number of aromatic nitrogens is 5. The highest BCUT2D eigenvalue weighted by Gasteiger charge is 2.18. The van der Waals surface area contributed by atoms with Crippen molar-refractivity contribution in [2.45, 2.75) is 50.7 Å². The quantitative estimate of drug-likeness (QED) is 0.563. The lowest BCUT2D eigenvalue weighted by Gasteiger charge is -2.07. The normalized spacial score (nSPS) is 11.7. The van der Waals surface area contributed by atoms with Gasteiger partial charge in [0.15, 0.2) is 5.82 Å². The molecule has 3 aromatic rings. The van der Waals surface area contributed by atoms with Gasteiger partial charge in [-0.05, 0) is 42.0 Å². The van der Waals surface area contributed by atoms with Crippen LogP contribution in [0.15, 0.2) is 15.6 Å². The molecule has 8 heteroatoms. The summed E-state index contributed by atoms with van der Waals surface area (Å²) in [4.78, 5) is 10.2. The lowest BCUT2D eigenvalue weighted by atomic mass is 10.0. The van der Waals surface area contributed by atoms with E-state index in [0.717, 1.165) is 39.7 Å². The molecule has 3 heterocycles. The monoisotopic (exact) mass is 348 g/mol. The zero-order valence-corrected chi connectivity index (χ0v) is 15.3. The Labute approximate surface area is 143 Å². The summed E-state index contributed by atoms with van der Waals surface area (Å²) < 4.78 is 1.54. The summed E-state index contributed by atoms with van der Waals surface area (Å²) >= 11 is 3.13. The van der Waals surface area contributed by atoms with Crippen molar-refractivity contribution in [2.75, 3.05) is 5.84 Å². The number of nitrogens with two attached hydrogens (primary N) is 1. The Morgan fingerprint density at radius 3 is 2.74 bits per heavy atom. The van der Waals surface area contributed by atoms with Crippen molar-refractivity contribution in [1.29, 1.82) is 0 Å². The Hall–Kier alpha value is -1.67. The topological polar surface area (TPSA) is 82.5 Å². The predicted octanol–water partition coefficient (Wildman–Crippen LogP) is 3.22. The SMILES string of the molecule is CCc1nnc(Sc2nc(C)nc3scc(CC(C)C)c23)n1N. The summed E-state index contributed by atoms with van der Waals surface area (Å²) in [7, 11) is 0. The van der Waals surface area contributed by atoms with Crippen LogP contribution in [0.1, 0.15) is 38.0 Å². The molecule has 0 spiro atoms. The Bertz CT molecular complexity index is 836. The van der Waals surface area contributed by atoms with Crippen LogP contribution < -0.4 is 5.84 Å². The lowest BCUT2D eigenvalue weighted by molar-refractivity contribution is 0.650. The van der Waals surface area contributed by atoms with Crippen molar-refractivity contribution in [3.8, 4) is 0 Å². The Morgan fingerprint density at radius 1 is 1.30 bits per heavy atom. The molecule has 0 saturated heterocycles. The van der Waals surface area contributed by atoms with Gasteiger partial charge in [-0.3, -0.25) is 0 Å².